The molecule has 29 heavy (non-hydrogen) atoms. The van der Waals surface area contributed by atoms with Crippen molar-refractivity contribution in [1.82, 2.24) is 10.2 Å². The van der Waals surface area contributed by atoms with Gasteiger partial charge in [-0.05, 0) is 12.1 Å². The predicted octanol–water partition coefficient (Wildman–Crippen LogP) is 3.49. The van der Waals surface area contributed by atoms with E-state index in [-0.39, 0.29) is 18.1 Å². The Kier molecular flexibility index (Phi) is 5.02. The SMILES string of the molecule is CC(C)(C)C(=O)NC1(C(F)(F)F)N=C(c2ccccc2)N(Cc2ccco2)C1=O. The molecule has 154 valence electrons. The van der Waals surface area contributed by atoms with Gasteiger partial charge in [-0.2, -0.15) is 13.2 Å². The molecule has 0 fully saturated rings. The molecule has 1 aliphatic heterocycles. The molecule has 2 amide bonds. The fourth-order valence-electron chi connectivity index (χ4n) is 2.76. The molecule has 0 bridgehead atoms. The minimum atomic E-state index is -5.15. The number of halogens is 3. The Morgan fingerprint density at radius 2 is 1.79 bits per heavy atom. The number of hydrogen-bond acceptors (Lipinski definition) is 4. The van der Waals surface area contributed by atoms with Gasteiger partial charge in [0.1, 0.15) is 11.6 Å². The molecule has 0 saturated heterocycles. The summed E-state index contributed by atoms with van der Waals surface area (Å²) in [4.78, 5) is 30.1. The quantitative estimate of drug-likeness (QED) is 0.843. The second-order valence-electron chi connectivity index (χ2n) is 7.68. The number of hydrogen-bond donors (Lipinski definition) is 1. The van der Waals surface area contributed by atoms with Gasteiger partial charge in [0, 0.05) is 11.0 Å². The first-order valence-electron chi connectivity index (χ1n) is 8.85. The summed E-state index contributed by atoms with van der Waals surface area (Å²) < 4.78 is 47.7. The van der Waals surface area contributed by atoms with Crippen molar-refractivity contribution in [3.05, 3.63) is 60.1 Å². The highest BCUT2D eigenvalue weighted by Crippen LogP contribution is 2.39. The van der Waals surface area contributed by atoms with E-state index in [0.717, 1.165) is 4.90 Å². The summed E-state index contributed by atoms with van der Waals surface area (Å²) in [6, 6.07) is 11.1. The Morgan fingerprint density at radius 3 is 2.31 bits per heavy atom. The van der Waals surface area contributed by atoms with Gasteiger partial charge in [0.15, 0.2) is 0 Å². The summed E-state index contributed by atoms with van der Waals surface area (Å²) in [6.07, 6.45) is -3.80. The average Bonchev–Trinajstić information content (AvgIpc) is 3.24. The Balaban J connectivity index is 2.13. The zero-order chi connectivity index (χ0) is 21.4. The molecule has 1 N–H and O–H groups in total. The number of nitrogens with zero attached hydrogens (tertiary/aromatic N) is 2. The van der Waals surface area contributed by atoms with Crippen molar-refractivity contribution >= 4 is 17.6 Å². The first-order valence-corrected chi connectivity index (χ1v) is 8.85. The summed E-state index contributed by atoms with van der Waals surface area (Å²) in [5, 5.41) is 1.86. The van der Waals surface area contributed by atoms with Crippen LogP contribution in [0.15, 0.2) is 58.1 Å². The van der Waals surface area contributed by atoms with Crippen molar-refractivity contribution < 1.29 is 27.2 Å². The summed E-state index contributed by atoms with van der Waals surface area (Å²) in [5.74, 6) is -2.25. The molecule has 2 aromatic rings. The van der Waals surface area contributed by atoms with Crippen molar-refractivity contribution in [2.24, 2.45) is 10.4 Å². The molecule has 1 atom stereocenters. The lowest BCUT2D eigenvalue weighted by molar-refractivity contribution is -0.201. The van der Waals surface area contributed by atoms with E-state index in [1.54, 1.807) is 36.4 Å². The van der Waals surface area contributed by atoms with Crippen molar-refractivity contribution in [2.45, 2.75) is 39.2 Å². The van der Waals surface area contributed by atoms with Crippen LogP contribution in [0, 0.1) is 5.41 Å². The lowest BCUT2D eigenvalue weighted by Crippen LogP contribution is -2.64. The number of carbonyl (C=O) groups excluding carboxylic acids is 2. The van der Waals surface area contributed by atoms with Crippen LogP contribution in [0.2, 0.25) is 0 Å². The van der Waals surface area contributed by atoms with Gasteiger partial charge in [0.2, 0.25) is 5.91 Å². The van der Waals surface area contributed by atoms with Gasteiger partial charge in [-0.1, -0.05) is 51.1 Å². The van der Waals surface area contributed by atoms with E-state index in [4.69, 9.17) is 4.42 Å². The highest BCUT2D eigenvalue weighted by atomic mass is 19.4. The van der Waals surface area contributed by atoms with E-state index >= 15 is 0 Å². The molecule has 0 aliphatic carbocycles. The van der Waals surface area contributed by atoms with Gasteiger partial charge in [-0.3, -0.25) is 14.5 Å². The number of amidine groups is 1. The third kappa shape index (κ3) is 3.76. The van der Waals surface area contributed by atoms with E-state index in [1.165, 1.54) is 33.1 Å². The van der Waals surface area contributed by atoms with E-state index in [0.29, 0.717) is 5.56 Å². The van der Waals surface area contributed by atoms with Crippen LogP contribution in [0.4, 0.5) is 13.2 Å². The lowest BCUT2D eigenvalue weighted by Gasteiger charge is -2.31. The van der Waals surface area contributed by atoms with Crippen LogP contribution in [0.25, 0.3) is 0 Å². The van der Waals surface area contributed by atoms with Crippen LogP contribution in [-0.4, -0.2) is 34.4 Å². The highest BCUT2D eigenvalue weighted by molar-refractivity contribution is 6.16. The van der Waals surface area contributed by atoms with Gasteiger partial charge < -0.3 is 9.73 Å². The molecule has 1 aliphatic rings. The zero-order valence-corrected chi connectivity index (χ0v) is 16.1. The summed E-state index contributed by atoms with van der Waals surface area (Å²) >= 11 is 0. The maximum Gasteiger partial charge on any atom is 0.442 e. The normalized spacial score (nSPS) is 20.0. The van der Waals surface area contributed by atoms with Gasteiger partial charge in [0.05, 0.1) is 12.8 Å². The van der Waals surface area contributed by atoms with Crippen LogP contribution in [0.5, 0.6) is 0 Å². The third-order valence-corrected chi connectivity index (χ3v) is 4.40. The predicted molar refractivity (Wildman–Crippen MR) is 98.6 cm³/mol. The second-order valence-corrected chi connectivity index (χ2v) is 7.68. The summed E-state index contributed by atoms with van der Waals surface area (Å²) in [6.45, 7) is 4.10. The molecule has 2 heterocycles. The summed E-state index contributed by atoms with van der Waals surface area (Å²) in [7, 11) is 0. The minimum Gasteiger partial charge on any atom is -0.467 e. The van der Waals surface area contributed by atoms with Crippen LogP contribution in [0.1, 0.15) is 32.1 Å². The maximum atomic E-state index is 14.2. The first kappa shape index (κ1) is 20.6. The molecule has 0 saturated carbocycles. The van der Waals surface area contributed by atoms with Crippen molar-refractivity contribution in [3.8, 4) is 0 Å². The third-order valence-electron chi connectivity index (χ3n) is 4.40. The Morgan fingerprint density at radius 1 is 1.14 bits per heavy atom. The van der Waals surface area contributed by atoms with Gasteiger partial charge >= 0.3 is 11.8 Å². The number of amides is 2. The Hall–Kier alpha value is -3.10. The Bertz CT molecular complexity index is 931. The number of rotatable bonds is 4. The Labute approximate surface area is 165 Å². The van der Waals surface area contributed by atoms with Crippen molar-refractivity contribution in [1.29, 1.82) is 0 Å². The first-order chi connectivity index (χ1) is 13.5. The monoisotopic (exact) mass is 407 g/mol. The molecule has 1 aromatic carbocycles. The van der Waals surface area contributed by atoms with E-state index in [2.05, 4.69) is 4.99 Å². The maximum absolute atomic E-state index is 14.2. The lowest BCUT2D eigenvalue weighted by atomic mass is 9.94. The fourth-order valence-corrected chi connectivity index (χ4v) is 2.76. The van der Waals surface area contributed by atoms with Crippen LogP contribution >= 0.6 is 0 Å². The molecular weight excluding hydrogens is 387 g/mol. The number of alkyl halides is 3. The second kappa shape index (κ2) is 7.06. The smallest absolute Gasteiger partial charge is 0.442 e. The molecule has 1 aromatic heterocycles. The van der Waals surface area contributed by atoms with E-state index in [9.17, 15) is 22.8 Å². The highest BCUT2D eigenvalue weighted by Gasteiger charge is 2.67. The largest absolute Gasteiger partial charge is 0.467 e. The van der Waals surface area contributed by atoms with Crippen LogP contribution in [-0.2, 0) is 16.1 Å². The minimum absolute atomic E-state index is 0.196. The molecule has 1 unspecified atom stereocenters. The molecule has 6 nitrogen and oxygen atoms in total. The summed E-state index contributed by atoms with van der Waals surface area (Å²) in [5.41, 5.74) is -4.26. The number of carbonyl (C=O) groups is 2. The molecule has 9 heteroatoms. The van der Waals surface area contributed by atoms with Gasteiger partial charge in [-0.15, -0.1) is 0 Å². The number of nitrogens with one attached hydrogen (secondary N) is 1. The molecule has 0 spiro atoms. The molecule has 3 rings (SSSR count). The van der Waals surface area contributed by atoms with Crippen molar-refractivity contribution in [3.63, 3.8) is 0 Å². The van der Waals surface area contributed by atoms with E-state index < -0.39 is 29.1 Å². The molecular formula is C20H20F3N3O3. The van der Waals surface area contributed by atoms with E-state index in [1.807, 2.05) is 5.32 Å². The standard InChI is InChI=1S/C20H20F3N3O3/c1-18(2,3)16(27)25-19(20(21,22)23)17(28)26(12-14-10-7-11-29-14)15(24-19)13-8-5-4-6-9-13/h4-11H,12H2,1-3H3,(H,25,27). The van der Waals surface area contributed by atoms with Gasteiger partial charge in [0.25, 0.3) is 5.91 Å². The number of benzene rings is 1. The van der Waals surface area contributed by atoms with Gasteiger partial charge in [-0.25, -0.2) is 4.99 Å². The fraction of sp³-hybridized carbons (Fsp3) is 0.350. The van der Waals surface area contributed by atoms with Crippen molar-refractivity contribution in [2.75, 3.05) is 0 Å². The zero-order valence-electron chi connectivity index (χ0n) is 16.1. The average molecular weight is 407 g/mol. The topological polar surface area (TPSA) is 74.9 Å². The van der Waals surface area contributed by atoms with Crippen LogP contribution < -0.4 is 5.32 Å². The van der Waals surface area contributed by atoms with Crippen LogP contribution in [0.3, 0.4) is 0 Å². The number of furan rings is 1. The molecule has 0 radical (unpaired) electrons. The number of aliphatic imine (C=N–C) groups is 1.